The fraction of sp³-hybridized carbons (Fsp3) is 0.125. The predicted octanol–water partition coefficient (Wildman–Crippen LogP) is 12.9. The minimum Gasteiger partial charge on any atom is -0.497 e. The largest absolute Gasteiger partial charge is 0.497 e. The number of aromatic nitrogens is 6. The second kappa shape index (κ2) is 28.6. The summed E-state index contributed by atoms with van der Waals surface area (Å²) in [6, 6.07) is 42.3. The first kappa shape index (κ1) is 66.6. The molecule has 0 amide bonds. The van der Waals surface area contributed by atoms with Gasteiger partial charge in [0.2, 0.25) is 34.8 Å². The first-order valence-electron chi connectivity index (χ1n) is 27.0. The molecule has 0 aliphatic heterocycles. The Kier molecular flexibility index (Phi) is 20.7. The summed E-state index contributed by atoms with van der Waals surface area (Å²) < 4.78 is 153. The molecular formula is C64H51Br2F5N8O11S2. The first-order valence-corrected chi connectivity index (χ1v) is 31.5. The van der Waals surface area contributed by atoms with Gasteiger partial charge in [-0.1, -0.05) is 56.1 Å². The van der Waals surface area contributed by atoms with Gasteiger partial charge < -0.3 is 28.4 Å². The third-order valence-electron chi connectivity index (χ3n) is 13.9. The number of ether oxygens (including phenoxy) is 4. The predicted molar refractivity (Wildman–Crippen MR) is 342 cm³/mol. The second-order valence-electron chi connectivity index (χ2n) is 19.7. The fourth-order valence-electron chi connectivity index (χ4n) is 9.12. The van der Waals surface area contributed by atoms with Gasteiger partial charge in [-0.05, 0) is 157 Å². The highest BCUT2D eigenvalue weighted by Gasteiger charge is 2.32. The quantitative estimate of drug-likeness (QED) is 0.0387. The summed E-state index contributed by atoms with van der Waals surface area (Å²) in [5.74, 6) is -10.7. The summed E-state index contributed by atoms with van der Waals surface area (Å²) in [6.07, 6.45) is 3.13. The average Bonchev–Trinajstić information content (AvgIpc) is 0.793. The Balaban J connectivity index is 0.000000177. The maximum Gasteiger partial charge on any atom is 0.339 e. The molecule has 0 saturated carbocycles. The SMILES string of the molecule is COc1cc(Br)c(C)cc1-n1c(=O)ccc2cc(S(=O)(=O)Oc3c(F)c(F)c(F)c(F)c3F)ccc21.COc1ccc(CN(c2cccnn2)S(=O)(=O)c2ccc3c(ccc(=O)n3-c3cc(C)c(Br)cc3OC)c2)cc1.COc1ccc(CNc2cccnn2)cc1. The van der Waals surface area contributed by atoms with Gasteiger partial charge in [0, 0.05) is 50.8 Å². The van der Waals surface area contributed by atoms with E-state index in [0.717, 1.165) is 61.9 Å². The number of halogens is 7. The maximum atomic E-state index is 14.0. The Morgan fingerprint density at radius 3 is 1.46 bits per heavy atom. The van der Waals surface area contributed by atoms with Crippen LogP contribution >= 0.6 is 31.9 Å². The van der Waals surface area contributed by atoms with Crippen molar-refractivity contribution in [3.63, 3.8) is 0 Å². The molecule has 0 unspecified atom stereocenters. The minimum atomic E-state index is -5.06. The number of nitrogens with zero attached hydrogens (tertiary/aromatic N) is 7. The van der Waals surface area contributed by atoms with Crippen molar-refractivity contribution in [2.45, 2.75) is 36.7 Å². The second-order valence-corrected chi connectivity index (χ2v) is 24.8. The summed E-state index contributed by atoms with van der Waals surface area (Å²) in [6.45, 7) is 4.45. The highest BCUT2D eigenvalue weighted by molar-refractivity contribution is 9.10. The molecule has 4 aromatic heterocycles. The van der Waals surface area contributed by atoms with E-state index >= 15 is 0 Å². The zero-order valence-electron chi connectivity index (χ0n) is 49.2. The Morgan fingerprint density at radius 1 is 0.522 bits per heavy atom. The Morgan fingerprint density at radius 2 is 0.989 bits per heavy atom. The van der Waals surface area contributed by atoms with Crippen LogP contribution < -0.4 is 43.9 Å². The zero-order chi connectivity index (χ0) is 66.2. The molecule has 0 radical (unpaired) electrons. The minimum absolute atomic E-state index is 0.0257. The van der Waals surface area contributed by atoms with E-state index in [2.05, 4.69) is 61.8 Å². The van der Waals surface area contributed by atoms with E-state index in [1.54, 1.807) is 100 Å². The van der Waals surface area contributed by atoms with Gasteiger partial charge in [0.15, 0.2) is 5.82 Å². The smallest absolute Gasteiger partial charge is 0.339 e. The monoisotopic (exact) mass is 1420 g/mol. The summed E-state index contributed by atoms with van der Waals surface area (Å²) >= 11 is 6.88. The van der Waals surface area contributed by atoms with Crippen LogP contribution in [0.1, 0.15) is 22.3 Å². The molecule has 0 saturated heterocycles. The van der Waals surface area contributed by atoms with E-state index in [-0.39, 0.29) is 33.7 Å². The number of methoxy groups -OCH3 is 4. The van der Waals surface area contributed by atoms with Crippen molar-refractivity contribution in [2.75, 3.05) is 38.1 Å². The molecule has 28 heteroatoms. The van der Waals surface area contributed by atoms with Gasteiger partial charge in [-0.25, -0.2) is 25.9 Å². The van der Waals surface area contributed by atoms with Crippen LogP contribution in [0.3, 0.4) is 0 Å². The molecule has 474 valence electrons. The topological polar surface area (TPSA) is 225 Å². The number of anilines is 2. The molecule has 4 heterocycles. The van der Waals surface area contributed by atoms with Gasteiger partial charge in [-0.15, -0.1) is 10.2 Å². The summed E-state index contributed by atoms with van der Waals surface area (Å²) in [7, 11) is -2.99. The molecule has 7 aromatic carbocycles. The Bertz CT molecular complexity index is 4880. The molecule has 0 aliphatic carbocycles. The van der Waals surface area contributed by atoms with Crippen LogP contribution in [-0.4, -0.2) is 74.8 Å². The fourth-order valence-corrected chi connectivity index (χ4v) is 12.2. The van der Waals surface area contributed by atoms with Gasteiger partial charge in [0.25, 0.3) is 21.1 Å². The van der Waals surface area contributed by atoms with E-state index in [1.807, 2.05) is 49.4 Å². The van der Waals surface area contributed by atoms with E-state index in [9.17, 15) is 48.4 Å². The van der Waals surface area contributed by atoms with Gasteiger partial charge >= 0.3 is 10.1 Å². The molecule has 11 rings (SSSR count). The van der Waals surface area contributed by atoms with Crippen molar-refractivity contribution in [3.8, 4) is 40.1 Å². The lowest BCUT2D eigenvalue weighted by Gasteiger charge is -2.23. The lowest BCUT2D eigenvalue weighted by Crippen LogP contribution is -2.31. The molecule has 92 heavy (non-hydrogen) atoms. The highest BCUT2D eigenvalue weighted by Crippen LogP contribution is 2.36. The van der Waals surface area contributed by atoms with Crippen LogP contribution in [0.4, 0.5) is 33.6 Å². The Labute approximate surface area is 539 Å². The molecule has 0 fully saturated rings. The zero-order valence-corrected chi connectivity index (χ0v) is 54.0. The van der Waals surface area contributed by atoms with E-state index in [0.29, 0.717) is 39.5 Å². The number of hydrogen-bond donors (Lipinski definition) is 1. The van der Waals surface area contributed by atoms with Crippen molar-refractivity contribution in [2.24, 2.45) is 0 Å². The third-order valence-corrected chi connectivity index (χ3v) is 18.5. The van der Waals surface area contributed by atoms with Gasteiger partial charge in [0.1, 0.15) is 33.7 Å². The van der Waals surface area contributed by atoms with Crippen molar-refractivity contribution in [1.82, 2.24) is 29.5 Å². The third kappa shape index (κ3) is 14.5. The molecular weight excluding hydrogens is 1380 g/mol. The number of aryl methyl sites for hydroxylation is 2. The molecule has 0 bridgehead atoms. The summed E-state index contributed by atoms with van der Waals surface area (Å²) in [5.41, 5.74) is 4.51. The molecule has 11 aromatic rings. The standard InChI is InChI=1S/C29H25BrN4O5S.C23H13BrF5NO5S.C12H13N3O/c1-19-15-26(27(39-3)17-24(19)30)34-25-12-11-23(16-21(25)8-13-29(34)35)40(36,37)33(28-5-4-14-31-32-28)18-20-6-9-22(38-2)10-7-20;1-10-7-15(16(34-2)9-13(10)24)30-14-5-4-12(8-11(14)3-6-17(30)31)36(32,33)35-23-21(28)19(26)18(25)20(27)22(23)29;1-16-11-6-4-10(5-7-11)9-13-12-3-2-8-14-15-12/h4-17H,18H2,1-3H3;3-9H,1-2H3;2-8H,9H2,1H3,(H,13,15). The molecule has 1 N–H and O–H groups in total. The van der Waals surface area contributed by atoms with Crippen LogP contribution in [0.2, 0.25) is 0 Å². The van der Waals surface area contributed by atoms with Crippen LogP contribution in [0.5, 0.6) is 28.7 Å². The van der Waals surface area contributed by atoms with E-state index < -0.39 is 65.4 Å². The lowest BCUT2D eigenvalue weighted by atomic mass is 10.1. The number of rotatable bonds is 17. The van der Waals surface area contributed by atoms with Crippen molar-refractivity contribution >= 4 is 85.4 Å². The molecule has 19 nitrogen and oxygen atoms in total. The van der Waals surface area contributed by atoms with Crippen LogP contribution in [0.25, 0.3) is 33.2 Å². The number of sulfonamides is 1. The number of hydrogen-bond acceptors (Lipinski definition) is 16. The van der Waals surface area contributed by atoms with Crippen molar-refractivity contribution < 1.29 is 61.9 Å². The normalized spacial score (nSPS) is 11.2. The lowest BCUT2D eigenvalue weighted by molar-refractivity contribution is 0.346. The first-order chi connectivity index (χ1) is 44.0. The van der Waals surface area contributed by atoms with Gasteiger partial charge in [-0.2, -0.15) is 27.4 Å². The average molecular weight is 1430 g/mol. The number of pyridine rings is 2. The molecule has 0 atom stereocenters. The van der Waals surface area contributed by atoms with Gasteiger partial charge in [0.05, 0.1) is 62.3 Å². The highest BCUT2D eigenvalue weighted by atomic mass is 79.9. The molecule has 0 aliphatic rings. The van der Waals surface area contributed by atoms with Gasteiger partial charge in [-0.3, -0.25) is 18.7 Å². The van der Waals surface area contributed by atoms with Crippen LogP contribution in [-0.2, 0) is 33.2 Å². The maximum absolute atomic E-state index is 14.0. The van der Waals surface area contributed by atoms with E-state index in [4.69, 9.17) is 18.9 Å². The van der Waals surface area contributed by atoms with Crippen molar-refractivity contribution in [1.29, 1.82) is 0 Å². The van der Waals surface area contributed by atoms with Crippen LogP contribution in [0, 0.1) is 42.9 Å². The number of benzene rings is 7. The van der Waals surface area contributed by atoms with Crippen molar-refractivity contribution in [3.05, 3.63) is 251 Å². The van der Waals surface area contributed by atoms with Crippen LogP contribution in [0.15, 0.2) is 198 Å². The number of nitrogens with one attached hydrogen (secondary N) is 1. The van der Waals surface area contributed by atoms with E-state index in [1.165, 1.54) is 63.7 Å². The molecule has 0 spiro atoms. The summed E-state index contributed by atoms with van der Waals surface area (Å²) in [5, 5.41) is 19.6. The summed E-state index contributed by atoms with van der Waals surface area (Å²) in [4.78, 5) is 25.2. The number of fused-ring (bicyclic) bond motifs is 2. The Hall–Kier alpha value is -9.77.